The Bertz CT molecular complexity index is 630. The van der Waals surface area contributed by atoms with Crippen LogP contribution in [-0.4, -0.2) is 32.4 Å². The highest BCUT2D eigenvalue weighted by Crippen LogP contribution is 2.39. The summed E-state index contributed by atoms with van der Waals surface area (Å²) >= 11 is 0. The van der Waals surface area contributed by atoms with Crippen molar-refractivity contribution in [3.05, 3.63) is 18.2 Å². The maximum Gasteiger partial charge on any atom is 0.243 e. The molecule has 1 saturated heterocycles. The molecule has 2 N–H and O–H groups in total. The number of nitrogen functional groups attached to an aromatic ring is 1. The van der Waals surface area contributed by atoms with Crippen molar-refractivity contribution in [2.24, 2.45) is 5.92 Å². The highest BCUT2D eigenvalue weighted by molar-refractivity contribution is 7.89. The fourth-order valence-corrected chi connectivity index (χ4v) is 5.51. The van der Waals surface area contributed by atoms with Crippen LogP contribution in [0, 0.1) is 5.92 Å². The van der Waals surface area contributed by atoms with E-state index in [0.29, 0.717) is 23.9 Å². The third-order valence-corrected chi connectivity index (χ3v) is 6.67. The number of nitrogens with zero attached hydrogens (tertiary/aromatic N) is 1. The van der Waals surface area contributed by atoms with Crippen LogP contribution in [0.5, 0.6) is 5.75 Å². The van der Waals surface area contributed by atoms with Crippen molar-refractivity contribution in [3.63, 3.8) is 0 Å². The van der Waals surface area contributed by atoms with E-state index in [1.807, 2.05) is 0 Å². The Kier molecular flexibility index (Phi) is 3.84. The molecule has 2 unspecified atom stereocenters. The van der Waals surface area contributed by atoms with Crippen LogP contribution in [0.1, 0.15) is 32.1 Å². The van der Waals surface area contributed by atoms with Gasteiger partial charge in [0.15, 0.2) is 0 Å². The van der Waals surface area contributed by atoms with Crippen LogP contribution in [0.3, 0.4) is 0 Å². The molecular weight excluding hydrogens is 288 g/mol. The summed E-state index contributed by atoms with van der Waals surface area (Å²) in [6.45, 7) is 0.620. The lowest BCUT2D eigenvalue weighted by Gasteiger charge is -2.36. The van der Waals surface area contributed by atoms with E-state index in [2.05, 4.69) is 0 Å². The van der Waals surface area contributed by atoms with E-state index in [1.54, 1.807) is 16.4 Å². The number of anilines is 1. The lowest BCUT2D eigenvalue weighted by Crippen LogP contribution is -2.46. The summed E-state index contributed by atoms with van der Waals surface area (Å²) in [5, 5.41) is 0. The molecule has 1 heterocycles. The van der Waals surface area contributed by atoms with E-state index in [0.717, 1.165) is 32.1 Å². The van der Waals surface area contributed by atoms with Gasteiger partial charge in [0.25, 0.3) is 0 Å². The van der Waals surface area contributed by atoms with E-state index in [-0.39, 0.29) is 10.9 Å². The first-order chi connectivity index (χ1) is 10.0. The maximum absolute atomic E-state index is 12.9. The lowest BCUT2D eigenvalue weighted by atomic mass is 9.94. The number of ether oxygens (including phenoxy) is 1. The average Bonchev–Trinajstić information content (AvgIpc) is 2.95. The molecule has 0 spiro atoms. The second-order valence-corrected chi connectivity index (χ2v) is 7.81. The standard InChI is InChI=1S/C15H22N2O3S/c1-20-15-8-7-12(10-13(15)16)21(18,19)17-9-3-5-11-4-2-6-14(11)17/h7-8,10-11,14H,2-6,9,16H2,1H3. The number of fused-ring (bicyclic) bond motifs is 1. The first kappa shape index (κ1) is 14.7. The number of piperidine rings is 1. The molecule has 1 saturated carbocycles. The summed E-state index contributed by atoms with van der Waals surface area (Å²) in [5.41, 5.74) is 6.22. The zero-order valence-electron chi connectivity index (χ0n) is 12.3. The number of rotatable bonds is 3. The quantitative estimate of drug-likeness (QED) is 0.869. The summed E-state index contributed by atoms with van der Waals surface area (Å²) in [5.74, 6) is 1.04. The van der Waals surface area contributed by atoms with E-state index in [1.165, 1.54) is 13.2 Å². The number of hydrogen-bond donors (Lipinski definition) is 1. The SMILES string of the molecule is COc1ccc(S(=O)(=O)N2CCCC3CCCC32)cc1N. The number of hydrogen-bond acceptors (Lipinski definition) is 4. The molecule has 3 rings (SSSR count). The number of methoxy groups -OCH3 is 1. The number of nitrogens with two attached hydrogens (primary N) is 1. The van der Waals surface area contributed by atoms with Crippen molar-refractivity contribution in [1.29, 1.82) is 0 Å². The summed E-state index contributed by atoms with van der Waals surface area (Å²) in [6, 6.07) is 4.89. The van der Waals surface area contributed by atoms with E-state index in [4.69, 9.17) is 10.5 Å². The van der Waals surface area contributed by atoms with Crippen LogP contribution in [0.2, 0.25) is 0 Å². The van der Waals surface area contributed by atoms with Crippen molar-refractivity contribution >= 4 is 15.7 Å². The van der Waals surface area contributed by atoms with E-state index in [9.17, 15) is 8.42 Å². The highest BCUT2D eigenvalue weighted by atomic mass is 32.2. The normalized spacial score (nSPS) is 26.5. The fourth-order valence-electron chi connectivity index (χ4n) is 3.71. The summed E-state index contributed by atoms with van der Waals surface area (Å²) in [7, 11) is -1.94. The van der Waals surface area contributed by atoms with E-state index >= 15 is 0 Å². The van der Waals surface area contributed by atoms with Gasteiger partial charge in [-0.25, -0.2) is 8.42 Å². The Balaban J connectivity index is 1.94. The molecule has 5 nitrogen and oxygen atoms in total. The molecule has 1 aromatic carbocycles. The van der Waals surface area contributed by atoms with Crippen molar-refractivity contribution in [1.82, 2.24) is 4.31 Å². The predicted molar refractivity (Wildman–Crippen MR) is 81.7 cm³/mol. The van der Waals surface area contributed by atoms with Crippen LogP contribution >= 0.6 is 0 Å². The molecule has 0 bridgehead atoms. The maximum atomic E-state index is 12.9. The van der Waals surface area contributed by atoms with Gasteiger partial charge in [0.1, 0.15) is 5.75 Å². The largest absolute Gasteiger partial charge is 0.495 e. The van der Waals surface area contributed by atoms with Crippen LogP contribution in [0.4, 0.5) is 5.69 Å². The smallest absolute Gasteiger partial charge is 0.243 e. The van der Waals surface area contributed by atoms with Gasteiger partial charge in [0.05, 0.1) is 17.7 Å². The molecule has 2 atom stereocenters. The average molecular weight is 310 g/mol. The van der Waals surface area contributed by atoms with Crippen LogP contribution in [0.15, 0.2) is 23.1 Å². The Morgan fingerprint density at radius 3 is 2.71 bits per heavy atom. The number of sulfonamides is 1. The number of benzene rings is 1. The highest BCUT2D eigenvalue weighted by Gasteiger charge is 2.41. The Hall–Kier alpha value is -1.27. The molecule has 1 aliphatic carbocycles. The van der Waals surface area contributed by atoms with Crippen molar-refractivity contribution in [2.75, 3.05) is 19.4 Å². The second-order valence-electron chi connectivity index (χ2n) is 5.92. The molecule has 2 aliphatic rings. The lowest BCUT2D eigenvalue weighted by molar-refractivity contribution is 0.202. The first-order valence-corrected chi connectivity index (χ1v) is 8.93. The zero-order chi connectivity index (χ0) is 15.0. The van der Waals surface area contributed by atoms with Crippen molar-refractivity contribution in [2.45, 2.75) is 43.0 Å². The first-order valence-electron chi connectivity index (χ1n) is 7.49. The Morgan fingerprint density at radius 2 is 2.00 bits per heavy atom. The predicted octanol–water partition coefficient (Wildman–Crippen LogP) is 2.23. The summed E-state index contributed by atoms with van der Waals surface area (Å²) in [4.78, 5) is 0.272. The fraction of sp³-hybridized carbons (Fsp3) is 0.600. The molecule has 0 amide bonds. The minimum atomic E-state index is -3.47. The van der Waals surface area contributed by atoms with Gasteiger partial charge in [-0.1, -0.05) is 6.42 Å². The Morgan fingerprint density at radius 1 is 1.24 bits per heavy atom. The van der Waals surface area contributed by atoms with Gasteiger partial charge >= 0.3 is 0 Å². The topological polar surface area (TPSA) is 72.6 Å². The van der Waals surface area contributed by atoms with Gasteiger partial charge in [0, 0.05) is 12.6 Å². The third-order valence-electron chi connectivity index (χ3n) is 4.75. The monoisotopic (exact) mass is 310 g/mol. The van der Waals surface area contributed by atoms with Crippen molar-refractivity contribution < 1.29 is 13.2 Å². The minimum absolute atomic E-state index is 0.173. The summed E-state index contributed by atoms with van der Waals surface area (Å²) in [6.07, 6.45) is 5.37. The molecule has 21 heavy (non-hydrogen) atoms. The van der Waals surface area contributed by atoms with Crippen LogP contribution in [-0.2, 0) is 10.0 Å². The van der Waals surface area contributed by atoms with Gasteiger partial charge in [0.2, 0.25) is 10.0 Å². The molecule has 1 aliphatic heterocycles. The van der Waals surface area contributed by atoms with Crippen molar-refractivity contribution in [3.8, 4) is 5.75 Å². The van der Waals surface area contributed by atoms with Gasteiger partial charge in [-0.15, -0.1) is 0 Å². The summed E-state index contributed by atoms with van der Waals surface area (Å²) < 4.78 is 32.6. The van der Waals surface area contributed by atoms with E-state index < -0.39 is 10.0 Å². The van der Waals surface area contributed by atoms with Gasteiger partial charge < -0.3 is 10.5 Å². The molecule has 1 aromatic rings. The third kappa shape index (κ3) is 2.51. The molecule has 6 heteroatoms. The van der Waals surface area contributed by atoms with Gasteiger partial charge in [-0.3, -0.25) is 0 Å². The molecule has 2 fully saturated rings. The molecular formula is C15H22N2O3S. The minimum Gasteiger partial charge on any atom is -0.495 e. The molecule has 0 aromatic heterocycles. The second kappa shape index (κ2) is 5.50. The van der Waals surface area contributed by atoms with Gasteiger partial charge in [-0.05, 0) is 49.8 Å². The van der Waals surface area contributed by atoms with Crippen LogP contribution < -0.4 is 10.5 Å². The zero-order valence-corrected chi connectivity index (χ0v) is 13.1. The Labute approximate surface area is 126 Å². The van der Waals surface area contributed by atoms with Crippen LogP contribution in [0.25, 0.3) is 0 Å². The van der Waals surface area contributed by atoms with Gasteiger partial charge in [-0.2, -0.15) is 4.31 Å². The molecule has 0 radical (unpaired) electrons. The molecule has 116 valence electrons.